The maximum absolute atomic E-state index is 13.6. The number of carbonyl (C=O) groups excluding carboxylic acids is 2. The van der Waals surface area contributed by atoms with Crippen molar-refractivity contribution >= 4 is 19.7 Å². The van der Waals surface area contributed by atoms with Gasteiger partial charge in [0.05, 0.1) is 33.8 Å². The van der Waals surface area contributed by atoms with Crippen molar-refractivity contribution in [1.82, 2.24) is 5.32 Å². The fraction of sp³-hybridized carbons (Fsp3) is 0.733. The highest BCUT2D eigenvalue weighted by atomic mass is 31.2. The summed E-state index contributed by atoms with van der Waals surface area (Å²) in [6, 6.07) is -0.862. The first-order chi connectivity index (χ1) is 41.4. The van der Waals surface area contributed by atoms with E-state index in [9.17, 15) is 19.0 Å². The number of carbonyl (C=O) groups is 2. The summed E-state index contributed by atoms with van der Waals surface area (Å²) in [7, 11) is 1.48. The minimum Gasteiger partial charge on any atom is -0.456 e. The van der Waals surface area contributed by atoms with Crippen LogP contribution < -0.4 is 5.32 Å². The quantitative estimate of drug-likeness (QED) is 0.0205. The molecule has 0 radical (unpaired) electrons. The Morgan fingerprint density at radius 2 is 0.753 bits per heavy atom. The molecule has 490 valence electrons. The average molecular weight is 1210 g/mol. The Kier molecular flexibility index (Phi) is 61.2. The van der Waals surface area contributed by atoms with Crippen LogP contribution in [0.4, 0.5) is 0 Å². The van der Waals surface area contributed by atoms with Crippen LogP contribution in [0.3, 0.4) is 0 Å². The summed E-state index contributed by atoms with van der Waals surface area (Å²) < 4.78 is 30.8. The van der Waals surface area contributed by atoms with Crippen molar-refractivity contribution in [2.24, 2.45) is 0 Å². The van der Waals surface area contributed by atoms with E-state index in [0.29, 0.717) is 17.4 Å². The lowest BCUT2D eigenvalue weighted by Gasteiger charge is -2.27. The fourth-order valence-corrected chi connectivity index (χ4v) is 10.5. The first-order valence-electron chi connectivity index (χ1n) is 35.2. The van der Waals surface area contributed by atoms with E-state index >= 15 is 0 Å². The van der Waals surface area contributed by atoms with E-state index in [-0.39, 0.29) is 31.5 Å². The molecule has 0 aliphatic rings. The number of unbranched alkanes of at least 4 members (excludes halogenated alkanes) is 31. The lowest BCUT2D eigenvalue weighted by Crippen LogP contribution is -2.47. The van der Waals surface area contributed by atoms with Gasteiger partial charge in [-0.1, -0.05) is 285 Å². The molecule has 1 amide bonds. The largest absolute Gasteiger partial charge is 0.472 e. The van der Waals surface area contributed by atoms with Crippen LogP contribution in [0.15, 0.2) is 109 Å². The number of hydrogen-bond donors (Lipinski definition) is 2. The van der Waals surface area contributed by atoms with Crippen molar-refractivity contribution in [1.29, 1.82) is 0 Å². The second-order valence-electron chi connectivity index (χ2n) is 24.7. The number of phosphoric ester groups is 1. The molecule has 0 aliphatic carbocycles. The smallest absolute Gasteiger partial charge is 0.456 e. The molecular formula is C75H134N2O7P+. The van der Waals surface area contributed by atoms with Crippen LogP contribution >= 0.6 is 7.82 Å². The van der Waals surface area contributed by atoms with E-state index in [1.807, 2.05) is 33.3 Å². The maximum atomic E-state index is 13.6. The molecule has 0 heterocycles. The lowest BCUT2D eigenvalue weighted by molar-refractivity contribution is -0.870. The van der Waals surface area contributed by atoms with Crippen LogP contribution in [-0.4, -0.2) is 74.3 Å². The molecule has 3 unspecified atom stereocenters. The number of phosphoric acid groups is 1. The summed E-state index contributed by atoms with van der Waals surface area (Å²) in [5.41, 5.74) is 0. The first-order valence-corrected chi connectivity index (χ1v) is 36.7. The number of allylic oxidation sites excluding steroid dienone is 17. The SMILES string of the molecule is CC/C=C\C/C=C\C/C=C\C/C=C\C/C=C\C/C=C\CCCCCCCCCCC(=O)OC(/C=C\CCCCCCCCCCCCC)C(COP(=O)(O)OCC[N+](C)(C)C)NC(=O)CCCCCCCCCCC/C=C\C/C=C\CCCCC. The van der Waals surface area contributed by atoms with Gasteiger partial charge in [0.1, 0.15) is 19.3 Å². The Morgan fingerprint density at radius 3 is 1.15 bits per heavy atom. The molecule has 0 fully saturated rings. The molecule has 10 heteroatoms. The van der Waals surface area contributed by atoms with E-state index in [2.05, 4.69) is 123 Å². The van der Waals surface area contributed by atoms with Gasteiger partial charge in [-0.05, 0) is 115 Å². The number of amides is 1. The number of rotatable bonds is 63. The average Bonchev–Trinajstić information content (AvgIpc) is 3.50. The second kappa shape index (κ2) is 63.7. The van der Waals surface area contributed by atoms with Gasteiger partial charge in [0, 0.05) is 12.8 Å². The van der Waals surface area contributed by atoms with Crippen molar-refractivity contribution in [2.45, 2.75) is 315 Å². The van der Waals surface area contributed by atoms with E-state index in [0.717, 1.165) is 128 Å². The molecule has 0 aromatic rings. The van der Waals surface area contributed by atoms with Crippen molar-refractivity contribution in [3.63, 3.8) is 0 Å². The monoisotopic (exact) mass is 1210 g/mol. The molecule has 0 rings (SSSR count). The Bertz CT molecular complexity index is 1820. The molecule has 0 saturated heterocycles. The number of hydrogen-bond acceptors (Lipinski definition) is 6. The summed E-state index contributed by atoms with van der Waals surface area (Å²) in [5, 5.41) is 3.07. The molecule has 0 aromatic heterocycles. The third-order valence-electron chi connectivity index (χ3n) is 15.2. The molecule has 0 spiro atoms. The second-order valence-corrected chi connectivity index (χ2v) is 26.1. The predicted octanol–water partition coefficient (Wildman–Crippen LogP) is 22.5. The number of quaternary nitrogens is 1. The zero-order chi connectivity index (χ0) is 62.1. The van der Waals surface area contributed by atoms with Gasteiger partial charge in [-0.2, -0.15) is 0 Å². The summed E-state index contributed by atoms with van der Waals surface area (Å²) in [4.78, 5) is 37.9. The van der Waals surface area contributed by atoms with Crippen LogP contribution in [0.5, 0.6) is 0 Å². The number of ether oxygens (including phenoxy) is 1. The van der Waals surface area contributed by atoms with Crippen molar-refractivity contribution in [3.05, 3.63) is 109 Å². The molecule has 0 aromatic carbocycles. The fourth-order valence-electron chi connectivity index (χ4n) is 9.80. The molecule has 2 N–H and O–H groups in total. The maximum Gasteiger partial charge on any atom is 0.472 e. The van der Waals surface area contributed by atoms with Gasteiger partial charge in [0.15, 0.2) is 0 Å². The summed E-state index contributed by atoms with van der Waals surface area (Å²) in [5.74, 6) is -0.518. The van der Waals surface area contributed by atoms with Crippen LogP contribution in [0.25, 0.3) is 0 Å². The molecule has 0 bridgehead atoms. The van der Waals surface area contributed by atoms with Gasteiger partial charge < -0.3 is 19.4 Å². The van der Waals surface area contributed by atoms with Gasteiger partial charge in [0.25, 0.3) is 0 Å². The van der Waals surface area contributed by atoms with E-state index in [4.69, 9.17) is 13.8 Å². The van der Waals surface area contributed by atoms with Gasteiger partial charge in [-0.3, -0.25) is 18.6 Å². The molecule has 0 aliphatic heterocycles. The number of likely N-dealkylation sites (N-methyl/N-ethyl adjacent to an activating group) is 1. The lowest BCUT2D eigenvalue weighted by atomic mass is 10.0. The highest BCUT2D eigenvalue weighted by Gasteiger charge is 2.30. The topological polar surface area (TPSA) is 111 Å². The van der Waals surface area contributed by atoms with E-state index < -0.39 is 20.0 Å². The van der Waals surface area contributed by atoms with Crippen molar-refractivity contribution in [2.75, 3.05) is 40.9 Å². The van der Waals surface area contributed by atoms with Crippen molar-refractivity contribution < 1.29 is 37.3 Å². The number of esters is 1. The first kappa shape index (κ1) is 81.7. The zero-order valence-electron chi connectivity index (χ0n) is 56.1. The standard InChI is InChI=1S/C75H133N2O7P/c1-7-10-13-16-19-22-25-28-30-32-34-35-36-37-38-39-40-41-43-45-47-50-53-56-59-62-65-68-75(79)84-73(66-63-60-57-54-51-48-27-24-21-18-15-12-9-3)72(71-83-85(80,81)82-70-69-77(4,5)6)76-74(78)67-64-61-58-55-52-49-46-44-42-33-31-29-26-23-20-17-14-11-8-2/h10,13,19-20,22-23,28-31,34-35,37-38,40-41,63,66,72-73H,7-9,11-12,14-18,21,24-27,32-33,36,39,42-62,64-65,67-71H2,1-6H3,(H-,76,78,80,81)/p+1/b13-10-,22-19-,23-20-,30-28-,31-29-,35-34-,38-37-,41-40-,66-63-. The summed E-state index contributed by atoms with van der Waals surface area (Å²) in [6.07, 6.45) is 88.0. The third-order valence-corrected chi connectivity index (χ3v) is 16.2. The van der Waals surface area contributed by atoms with Crippen LogP contribution in [0.1, 0.15) is 303 Å². The van der Waals surface area contributed by atoms with Crippen LogP contribution in [-0.2, 0) is 27.9 Å². The Labute approximate surface area is 525 Å². The normalized spacial score (nSPS) is 14.2. The summed E-state index contributed by atoms with van der Waals surface area (Å²) in [6.45, 7) is 6.88. The van der Waals surface area contributed by atoms with E-state index in [1.165, 1.54) is 141 Å². The van der Waals surface area contributed by atoms with Gasteiger partial charge in [0.2, 0.25) is 5.91 Å². The van der Waals surface area contributed by atoms with Gasteiger partial charge in [-0.15, -0.1) is 0 Å². The van der Waals surface area contributed by atoms with Gasteiger partial charge >= 0.3 is 13.8 Å². The molecule has 3 atom stereocenters. The molecule has 85 heavy (non-hydrogen) atoms. The van der Waals surface area contributed by atoms with Crippen molar-refractivity contribution in [3.8, 4) is 0 Å². The molecule has 0 saturated carbocycles. The highest BCUT2D eigenvalue weighted by molar-refractivity contribution is 7.47. The van der Waals surface area contributed by atoms with Crippen LogP contribution in [0.2, 0.25) is 0 Å². The number of nitrogens with one attached hydrogen (secondary N) is 1. The van der Waals surface area contributed by atoms with Crippen LogP contribution in [0, 0.1) is 0 Å². The predicted molar refractivity (Wildman–Crippen MR) is 369 cm³/mol. The minimum absolute atomic E-state index is 0.0336. The third kappa shape index (κ3) is 65.0. The molecule has 9 nitrogen and oxygen atoms in total. The van der Waals surface area contributed by atoms with Gasteiger partial charge in [-0.25, -0.2) is 4.57 Å². The number of nitrogens with zero attached hydrogens (tertiary/aromatic N) is 1. The van der Waals surface area contributed by atoms with E-state index in [1.54, 1.807) is 0 Å². The zero-order valence-corrected chi connectivity index (χ0v) is 57.0. The Morgan fingerprint density at radius 1 is 0.424 bits per heavy atom. The summed E-state index contributed by atoms with van der Waals surface area (Å²) >= 11 is 0. The Balaban J connectivity index is 5.14. The minimum atomic E-state index is -4.46. The molecular weight excluding hydrogens is 1070 g/mol. The highest BCUT2D eigenvalue weighted by Crippen LogP contribution is 2.43. The Hall–Kier alpha value is -3.33.